The van der Waals surface area contributed by atoms with Gasteiger partial charge in [-0.05, 0) is 58.6 Å². The van der Waals surface area contributed by atoms with Crippen LogP contribution in [0.25, 0.3) is 0 Å². The van der Waals surface area contributed by atoms with Crippen molar-refractivity contribution in [2.75, 3.05) is 6.54 Å². The van der Waals surface area contributed by atoms with Crippen LogP contribution in [0.5, 0.6) is 0 Å². The fourth-order valence-corrected chi connectivity index (χ4v) is 6.55. The first-order valence-corrected chi connectivity index (χ1v) is 10.7. The quantitative estimate of drug-likeness (QED) is 0.766. The van der Waals surface area contributed by atoms with Crippen LogP contribution in [-0.4, -0.2) is 31.2 Å². The van der Waals surface area contributed by atoms with Crippen LogP contribution >= 0.6 is 27.3 Å². The van der Waals surface area contributed by atoms with Gasteiger partial charge < -0.3 is 5.32 Å². The van der Waals surface area contributed by atoms with E-state index in [1.807, 2.05) is 0 Å². The van der Waals surface area contributed by atoms with Gasteiger partial charge in [0.05, 0.1) is 3.79 Å². The van der Waals surface area contributed by atoms with E-state index in [9.17, 15) is 17.6 Å². The second kappa shape index (κ2) is 7.53. The van der Waals surface area contributed by atoms with Gasteiger partial charge in [0.25, 0.3) is 10.0 Å². The maximum atomic E-state index is 12.9. The first kappa shape index (κ1) is 18.5. The maximum Gasteiger partial charge on any atom is 0.253 e. The smallest absolute Gasteiger partial charge is 0.253 e. The topological polar surface area (TPSA) is 66.5 Å². The number of hydrogen-bond acceptors (Lipinski definition) is 4. The lowest BCUT2D eigenvalue weighted by Crippen LogP contribution is -2.45. The number of carbonyl (C=O) groups excluding carboxylic acids is 1. The predicted molar refractivity (Wildman–Crippen MR) is 97.2 cm³/mol. The molecule has 9 heteroatoms. The number of nitrogens with zero attached hydrogens (tertiary/aromatic N) is 1. The molecule has 1 atom stereocenters. The Bertz CT molecular complexity index is 868. The summed E-state index contributed by atoms with van der Waals surface area (Å²) in [6.45, 7) is 0.556. The Labute approximate surface area is 158 Å². The standard InChI is InChI=1S/C16H16BrFN2O3S2/c17-14-7-8-15(24-14)25(22,23)20-9-1-2-13(20)16(21)19-10-11-3-5-12(18)6-4-11/h3-8,13H,1-2,9-10H2,(H,19,21)/t13-/m0/s1. The number of thiophene rings is 1. The monoisotopic (exact) mass is 446 g/mol. The van der Waals surface area contributed by atoms with E-state index in [2.05, 4.69) is 21.2 Å². The Morgan fingerprint density at radius 3 is 2.64 bits per heavy atom. The summed E-state index contributed by atoms with van der Waals surface area (Å²) in [4.78, 5) is 12.5. The van der Waals surface area contributed by atoms with Gasteiger partial charge in [0.2, 0.25) is 5.91 Å². The Kier molecular flexibility index (Phi) is 5.57. The SMILES string of the molecule is O=C(NCc1ccc(F)cc1)[C@@H]1CCCN1S(=O)(=O)c1ccc(Br)s1. The second-order valence-corrected chi connectivity index (χ2v) is 10.3. The molecule has 0 radical (unpaired) electrons. The highest BCUT2D eigenvalue weighted by Crippen LogP contribution is 2.32. The molecule has 1 amide bonds. The Morgan fingerprint density at radius 1 is 1.28 bits per heavy atom. The van der Waals surface area contributed by atoms with Crippen LogP contribution in [0.3, 0.4) is 0 Å². The number of rotatable bonds is 5. The molecule has 1 saturated heterocycles. The van der Waals surface area contributed by atoms with Gasteiger partial charge in [-0.3, -0.25) is 4.79 Å². The van der Waals surface area contributed by atoms with Crippen molar-refractivity contribution < 1.29 is 17.6 Å². The summed E-state index contributed by atoms with van der Waals surface area (Å²) in [5.74, 6) is -0.675. The molecule has 1 N–H and O–H groups in total. The van der Waals surface area contributed by atoms with Crippen LogP contribution in [0.2, 0.25) is 0 Å². The predicted octanol–water partition coefficient (Wildman–Crippen LogP) is 3.12. The van der Waals surface area contributed by atoms with Crippen molar-refractivity contribution in [3.63, 3.8) is 0 Å². The molecular weight excluding hydrogens is 431 g/mol. The van der Waals surface area contributed by atoms with E-state index in [1.165, 1.54) is 22.5 Å². The van der Waals surface area contributed by atoms with E-state index in [1.54, 1.807) is 18.2 Å². The molecule has 0 aliphatic carbocycles. The van der Waals surface area contributed by atoms with Crippen LogP contribution in [0.15, 0.2) is 44.4 Å². The molecule has 1 fully saturated rings. The molecule has 0 bridgehead atoms. The Balaban J connectivity index is 1.70. The van der Waals surface area contributed by atoms with Crippen molar-refractivity contribution in [3.05, 3.63) is 51.6 Å². The van der Waals surface area contributed by atoms with Crippen molar-refractivity contribution in [1.82, 2.24) is 9.62 Å². The third kappa shape index (κ3) is 4.11. The van der Waals surface area contributed by atoms with Gasteiger partial charge >= 0.3 is 0 Å². The molecule has 0 spiro atoms. The highest BCUT2D eigenvalue weighted by atomic mass is 79.9. The number of carbonyl (C=O) groups is 1. The van der Waals surface area contributed by atoms with Crippen LogP contribution in [0.1, 0.15) is 18.4 Å². The number of nitrogens with one attached hydrogen (secondary N) is 1. The highest BCUT2D eigenvalue weighted by Gasteiger charge is 2.39. The van der Waals surface area contributed by atoms with Gasteiger partial charge in [-0.15, -0.1) is 11.3 Å². The minimum absolute atomic E-state index is 0.220. The number of benzene rings is 1. The molecule has 1 aromatic carbocycles. The third-order valence-electron chi connectivity index (χ3n) is 4.00. The lowest BCUT2D eigenvalue weighted by molar-refractivity contribution is -0.124. The van der Waals surface area contributed by atoms with E-state index < -0.39 is 16.1 Å². The van der Waals surface area contributed by atoms with Gasteiger partial charge in [-0.25, -0.2) is 12.8 Å². The van der Waals surface area contributed by atoms with E-state index in [4.69, 9.17) is 0 Å². The minimum Gasteiger partial charge on any atom is -0.351 e. The first-order valence-electron chi connectivity index (χ1n) is 7.67. The highest BCUT2D eigenvalue weighted by molar-refractivity contribution is 9.11. The lowest BCUT2D eigenvalue weighted by atomic mass is 10.2. The number of sulfonamides is 1. The molecule has 2 heterocycles. The zero-order valence-electron chi connectivity index (χ0n) is 13.1. The second-order valence-electron chi connectivity index (χ2n) is 5.68. The summed E-state index contributed by atoms with van der Waals surface area (Å²) in [7, 11) is -3.69. The molecule has 2 aromatic rings. The van der Waals surface area contributed by atoms with Gasteiger partial charge in [0.15, 0.2) is 0 Å². The summed E-state index contributed by atoms with van der Waals surface area (Å²) in [6, 6.07) is 8.31. The number of halogens is 2. The normalized spacial score (nSPS) is 18.4. The maximum absolute atomic E-state index is 12.9. The molecule has 134 valence electrons. The molecule has 1 aliphatic heterocycles. The average molecular weight is 447 g/mol. The van der Waals surface area contributed by atoms with E-state index in [-0.39, 0.29) is 22.5 Å². The van der Waals surface area contributed by atoms with Crippen molar-refractivity contribution in [2.24, 2.45) is 0 Å². The molecule has 1 aromatic heterocycles. The van der Waals surface area contributed by atoms with Crippen molar-refractivity contribution in [2.45, 2.75) is 29.6 Å². The summed E-state index contributed by atoms with van der Waals surface area (Å²) in [6.07, 6.45) is 1.13. The molecule has 25 heavy (non-hydrogen) atoms. The summed E-state index contributed by atoms with van der Waals surface area (Å²) >= 11 is 4.39. The van der Waals surface area contributed by atoms with Crippen LogP contribution in [0, 0.1) is 5.82 Å². The van der Waals surface area contributed by atoms with Crippen LogP contribution < -0.4 is 5.32 Å². The molecule has 1 aliphatic rings. The Morgan fingerprint density at radius 2 is 2.00 bits per heavy atom. The summed E-state index contributed by atoms with van der Waals surface area (Å²) < 4.78 is 40.7. The third-order valence-corrected chi connectivity index (χ3v) is 8.00. The van der Waals surface area contributed by atoms with Crippen molar-refractivity contribution in [1.29, 1.82) is 0 Å². The van der Waals surface area contributed by atoms with Gasteiger partial charge in [-0.1, -0.05) is 12.1 Å². The summed E-state index contributed by atoms with van der Waals surface area (Å²) in [5, 5.41) is 2.75. The average Bonchev–Trinajstić information content (AvgIpc) is 3.23. The van der Waals surface area contributed by atoms with E-state index >= 15 is 0 Å². The van der Waals surface area contributed by atoms with Crippen LogP contribution in [-0.2, 0) is 21.4 Å². The molecule has 0 unspecified atom stereocenters. The van der Waals surface area contributed by atoms with E-state index in [0.717, 1.165) is 20.7 Å². The van der Waals surface area contributed by atoms with Crippen LogP contribution in [0.4, 0.5) is 4.39 Å². The lowest BCUT2D eigenvalue weighted by Gasteiger charge is -2.22. The summed E-state index contributed by atoms with van der Waals surface area (Å²) in [5.41, 5.74) is 0.754. The molecule has 3 rings (SSSR count). The van der Waals surface area contributed by atoms with Gasteiger partial charge in [0.1, 0.15) is 16.1 Å². The Hall–Kier alpha value is -1.29. The van der Waals surface area contributed by atoms with E-state index in [0.29, 0.717) is 19.4 Å². The fraction of sp³-hybridized carbons (Fsp3) is 0.312. The van der Waals surface area contributed by atoms with Crippen molar-refractivity contribution >= 4 is 43.2 Å². The number of hydrogen-bond donors (Lipinski definition) is 1. The van der Waals surface area contributed by atoms with Crippen molar-refractivity contribution in [3.8, 4) is 0 Å². The molecular formula is C16H16BrFN2O3S2. The minimum atomic E-state index is -3.69. The van der Waals surface area contributed by atoms with Gasteiger partial charge in [-0.2, -0.15) is 4.31 Å². The molecule has 5 nitrogen and oxygen atoms in total. The fourth-order valence-electron chi connectivity index (χ4n) is 2.75. The first-order chi connectivity index (χ1) is 11.9. The zero-order chi connectivity index (χ0) is 18.0. The number of amides is 1. The van der Waals surface area contributed by atoms with Gasteiger partial charge in [0, 0.05) is 13.1 Å². The largest absolute Gasteiger partial charge is 0.351 e. The molecule has 0 saturated carbocycles. The zero-order valence-corrected chi connectivity index (χ0v) is 16.3.